The number of rotatable bonds is 7. The van der Waals surface area contributed by atoms with E-state index in [0.717, 1.165) is 96.0 Å². The second-order valence-electron chi connectivity index (χ2n) is 11.2. The topological polar surface area (TPSA) is 48.9 Å². The van der Waals surface area contributed by atoms with Gasteiger partial charge in [0, 0.05) is 76.7 Å². The fourth-order valence-electron chi connectivity index (χ4n) is 6.15. The Morgan fingerprint density at radius 1 is 0.972 bits per heavy atom. The molecule has 5 rings (SSSR count). The van der Waals surface area contributed by atoms with Crippen molar-refractivity contribution in [3.8, 4) is 0 Å². The Labute approximate surface area is 216 Å². The molecular formula is C30H42N4O2. The van der Waals surface area contributed by atoms with E-state index in [-0.39, 0.29) is 11.8 Å². The number of ether oxygens (including phenoxy) is 1. The molecule has 0 spiro atoms. The quantitative estimate of drug-likeness (QED) is 0.561. The van der Waals surface area contributed by atoms with Gasteiger partial charge in [-0.05, 0) is 67.3 Å². The van der Waals surface area contributed by atoms with Crippen molar-refractivity contribution < 1.29 is 9.53 Å². The first-order valence-corrected chi connectivity index (χ1v) is 14.0. The third-order valence-corrected chi connectivity index (χ3v) is 8.09. The number of nitrogens with zero attached hydrogens (tertiary/aromatic N) is 4. The molecule has 1 atom stereocenters. The zero-order valence-electron chi connectivity index (χ0n) is 22.1. The summed E-state index contributed by atoms with van der Waals surface area (Å²) >= 11 is 0. The molecule has 0 N–H and O–H groups in total. The van der Waals surface area contributed by atoms with E-state index in [0.29, 0.717) is 11.8 Å². The van der Waals surface area contributed by atoms with Crippen molar-refractivity contribution in [1.29, 1.82) is 0 Å². The van der Waals surface area contributed by atoms with Gasteiger partial charge in [0.1, 0.15) is 0 Å². The second kappa shape index (κ2) is 11.7. The first-order chi connectivity index (χ1) is 17.6. The van der Waals surface area contributed by atoms with E-state index >= 15 is 0 Å². The molecule has 0 bridgehead atoms. The lowest BCUT2D eigenvalue weighted by Crippen LogP contribution is -2.48. The van der Waals surface area contributed by atoms with Crippen molar-refractivity contribution in [1.82, 2.24) is 9.88 Å². The van der Waals surface area contributed by atoms with Crippen LogP contribution in [0.4, 0.5) is 11.4 Å². The summed E-state index contributed by atoms with van der Waals surface area (Å²) in [5, 5.41) is 0. The summed E-state index contributed by atoms with van der Waals surface area (Å²) in [5.74, 6) is 1.51. The number of amides is 1. The summed E-state index contributed by atoms with van der Waals surface area (Å²) in [6.45, 7) is 12.5. The number of pyridine rings is 1. The van der Waals surface area contributed by atoms with Crippen LogP contribution in [0, 0.1) is 11.8 Å². The number of hydrogen-bond donors (Lipinski definition) is 0. The molecule has 1 aromatic heterocycles. The highest BCUT2D eigenvalue weighted by Gasteiger charge is 2.31. The zero-order chi connectivity index (χ0) is 24.9. The van der Waals surface area contributed by atoms with Gasteiger partial charge in [-0.1, -0.05) is 26.0 Å². The second-order valence-corrected chi connectivity index (χ2v) is 11.2. The molecule has 6 nitrogen and oxygen atoms in total. The molecule has 3 fully saturated rings. The minimum absolute atomic E-state index is 0.00944. The van der Waals surface area contributed by atoms with Crippen molar-refractivity contribution in [2.24, 2.45) is 11.8 Å². The zero-order valence-corrected chi connectivity index (χ0v) is 22.1. The van der Waals surface area contributed by atoms with Gasteiger partial charge in [0.25, 0.3) is 0 Å². The van der Waals surface area contributed by atoms with Crippen molar-refractivity contribution in [3.63, 3.8) is 0 Å². The van der Waals surface area contributed by atoms with Gasteiger partial charge in [0.2, 0.25) is 5.91 Å². The number of piperidine rings is 1. The molecule has 3 saturated heterocycles. The van der Waals surface area contributed by atoms with Crippen LogP contribution in [0.5, 0.6) is 0 Å². The summed E-state index contributed by atoms with van der Waals surface area (Å²) in [7, 11) is 0. The van der Waals surface area contributed by atoms with Crippen LogP contribution < -0.4 is 9.80 Å². The van der Waals surface area contributed by atoms with Crippen LogP contribution in [0.25, 0.3) is 0 Å². The fourth-order valence-corrected chi connectivity index (χ4v) is 6.15. The lowest BCUT2D eigenvalue weighted by Gasteiger charge is -2.38. The number of piperazine rings is 1. The van der Waals surface area contributed by atoms with E-state index < -0.39 is 0 Å². The minimum Gasteiger partial charge on any atom is -0.381 e. The largest absolute Gasteiger partial charge is 0.381 e. The van der Waals surface area contributed by atoms with E-state index in [1.54, 1.807) is 0 Å². The smallest absolute Gasteiger partial charge is 0.230 e. The van der Waals surface area contributed by atoms with Crippen molar-refractivity contribution in [2.75, 3.05) is 62.3 Å². The molecule has 194 valence electrons. The maximum atomic E-state index is 13.6. The highest BCUT2D eigenvalue weighted by atomic mass is 16.5. The Morgan fingerprint density at radius 3 is 2.44 bits per heavy atom. The molecule has 1 unspecified atom stereocenters. The number of hydrogen-bond acceptors (Lipinski definition) is 5. The molecule has 0 aliphatic carbocycles. The van der Waals surface area contributed by atoms with Gasteiger partial charge >= 0.3 is 0 Å². The average molecular weight is 491 g/mol. The van der Waals surface area contributed by atoms with Crippen LogP contribution in [-0.4, -0.2) is 68.3 Å². The van der Waals surface area contributed by atoms with Gasteiger partial charge in [-0.2, -0.15) is 0 Å². The van der Waals surface area contributed by atoms with Crippen LogP contribution in [0.15, 0.2) is 42.6 Å². The summed E-state index contributed by atoms with van der Waals surface area (Å²) in [6, 6.07) is 13.0. The van der Waals surface area contributed by atoms with Gasteiger partial charge in [0.05, 0.1) is 11.4 Å². The Hall–Kier alpha value is -2.44. The molecule has 2 aromatic rings. The first kappa shape index (κ1) is 25.2. The van der Waals surface area contributed by atoms with Crippen molar-refractivity contribution in [3.05, 3.63) is 53.9 Å². The van der Waals surface area contributed by atoms with E-state index in [4.69, 9.17) is 9.72 Å². The maximum Gasteiger partial charge on any atom is 0.230 e. The van der Waals surface area contributed by atoms with E-state index in [9.17, 15) is 4.79 Å². The number of anilines is 2. The number of aromatic nitrogens is 1. The molecular weight excluding hydrogens is 448 g/mol. The van der Waals surface area contributed by atoms with E-state index in [2.05, 4.69) is 54.0 Å². The molecule has 4 heterocycles. The van der Waals surface area contributed by atoms with Crippen LogP contribution in [0.1, 0.15) is 56.7 Å². The van der Waals surface area contributed by atoms with E-state index in [1.807, 2.05) is 17.2 Å². The monoisotopic (exact) mass is 490 g/mol. The molecule has 1 amide bonds. The normalized spacial score (nSPS) is 22.4. The van der Waals surface area contributed by atoms with Crippen LogP contribution in [0.2, 0.25) is 0 Å². The highest BCUT2D eigenvalue weighted by molar-refractivity contribution is 5.96. The Kier molecular flexibility index (Phi) is 8.22. The summed E-state index contributed by atoms with van der Waals surface area (Å²) in [6.07, 6.45) is 6.75. The molecule has 3 aliphatic rings. The number of carbonyl (C=O) groups is 1. The Morgan fingerprint density at radius 2 is 1.72 bits per heavy atom. The maximum absolute atomic E-state index is 13.6. The lowest BCUT2D eigenvalue weighted by molar-refractivity contribution is -0.123. The standard InChI is InChI=1S/C30H42N4O2/c1-23(2)22-32-15-17-33(18-16-32)29-6-3-13-31-28(29)21-26-5-4-14-34(30(26)35)27-9-7-24(8-10-27)25-11-19-36-20-12-25/h3,6-10,13,23,25-26H,4-5,11-12,14-22H2,1-2H3. The summed E-state index contributed by atoms with van der Waals surface area (Å²) in [4.78, 5) is 25.4. The molecule has 6 heteroatoms. The number of carbonyl (C=O) groups excluding carboxylic acids is 1. The summed E-state index contributed by atoms with van der Waals surface area (Å²) in [5.41, 5.74) is 4.69. The van der Waals surface area contributed by atoms with Gasteiger partial charge in [-0.3, -0.25) is 14.7 Å². The Bertz CT molecular complexity index is 994. The highest BCUT2D eigenvalue weighted by Crippen LogP contribution is 2.32. The summed E-state index contributed by atoms with van der Waals surface area (Å²) < 4.78 is 5.52. The van der Waals surface area contributed by atoms with Crippen LogP contribution in [-0.2, 0) is 16.0 Å². The van der Waals surface area contributed by atoms with Gasteiger partial charge < -0.3 is 14.5 Å². The average Bonchev–Trinajstić information content (AvgIpc) is 2.91. The van der Waals surface area contributed by atoms with Crippen LogP contribution in [0.3, 0.4) is 0 Å². The van der Waals surface area contributed by atoms with Gasteiger partial charge in [-0.15, -0.1) is 0 Å². The predicted molar refractivity (Wildman–Crippen MR) is 146 cm³/mol. The first-order valence-electron chi connectivity index (χ1n) is 14.0. The third-order valence-electron chi connectivity index (χ3n) is 8.09. The SMILES string of the molecule is CC(C)CN1CCN(c2cccnc2CC2CCCN(c3ccc(C4CCOCC4)cc3)C2=O)CC1. The Balaban J connectivity index is 1.24. The minimum atomic E-state index is -0.00944. The lowest BCUT2D eigenvalue weighted by atomic mass is 9.90. The molecule has 0 radical (unpaired) electrons. The fraction of sp³-hybridized carbons (Fsp3) is 0.600. The van der Waals surface area contributed by atoms with Gasteiger partial charge in [-0.25, -0.2) is 0 Å². The van der Waals surface area contributed by atoms with Crippen molar-refractivity contribution >= 4 is 17.3 Å². The van der Waals surface area contributed by atoms with Gasteiger partial charge in [0.15, 0.2) is 0 Å². The molecule has 0 saturated carbocycles. The van der Waals surface area contributed by atoms with Crippen LogP contribution >= 0.6 is 0 Å². The van der Waals surface area contributed by atoms with Crippen molar-refractivity contribution in [2.45, 2.75) is 51.9 Å². The molecule has 36 heavy (non-hydrogen) atoms. The molecule has 3 aliphatic heterocycles. The third kappa shape index (κ3) is 5.92. The van der Waals surface area contributed by atoms with E-state index in [1.165, 1.54) is 11.3 Å². The number of benzene rings is 1. The molecule has 1 aromatic carbocycles. The predicted octanol–water partition coefficient (Wildman–Crippen LogP) is 4.74.